The van der Waals surface area contributed by atoms with E-state index in [1.165, 1.54) is 11.4 Å². The number of thiophene rings is 1. The molecule has 1 N–H and O–H groups in total. The summed E-state index contributed by atoms with van der Waals surface area (Å²) in [5, 5.41) is 10.8. The molecule has 1 unspecified atom stereocenters. The number of aromatic nitrogens is 2. The van der Waals surface area contributed by atoms with Gasteiger partial charge in [0.05, 0.1) is 28.7 Å². The highest BCUT2D eigenvalue weighted by Gasteiger charge is 2.24. The number of aromatic carboxylic acids is 1. The first-order valence-electron chi connectivity index (χ1n) is 6.63. The summed E-state index contributed by atoms with van der Waals surface area (Å²) in [5.74, 6) is -1.07. The van der Waals surface area contributed by atoms with Gasteiger partial charge in [0.25, 0.3) is 0 Å². The number of rotatable bonds is 6. The largest absolute Gasteiger partial charge is 0.755 e. The van der Waals surface area contributed by atoms with Gasteiger partial charge in [0.1, 0.15) is 10.6 Å². The Morgan fingerprint density at radius 2 is 2.00 bits per heavy atom. The van der Waals surface area contributed by atoms with Crippen LogP contribution in [0.2, 0.25) is 0 Å². The van der Waals surface area contributed by atoms with E-state index in [9.17, 15) is 18.7 Å². The summed E-state index contributed by atoms with van der Waals surface area (Å²) in [6.45, 7) is 0. The van der Waals surface area contributed by atoms with Gasteiger partial charge < -0.3 is 9.66 Å². The first kappa shape index (κ1) is 16.7. The molecule has 1 aromatic carbocycles. The molecule has 0 saturated heterocycles. The second-order valence-electron chi connectivity index (χ2n) is 4.65. The van der Waals surface area contributed by atoms with E-state index >= 15 is 0 Å². The maximum atomic E-state index is 11.8. The highest BCUT2D eigenvalue weighted by atomic mass is 32.2. The molecule has 124 valence electrons. The first-order valence-corrected chi connectivity index (χ1v) is 9.27. The van der Waals surface area contributed by atoms with E-state index in [1.807, 2.05) is 30.3 Å². The Morgan fingerprint density at radius 3 is 2.67 bits per heavy atom. The third-order valence-electron chi connectivity index (χ3n) is 3.15. The predicted octanol–water partition coefficient (Wildman–Crippen LogP) is 2.82. The van der Waals surface area contributed by atoms with E-state index in [4.69, 9.17) is 0 Å². The minimum atomic E-state index is -2.73. The molecule has 0 radical (unpaired) electrons. The van der Waals surface area contributed by atoms with E-state index in [-0.39, 0.29) is 16.4 Å². The van der Waals surface area contributed by atoms with Gasteiger partial charge >= 0.3 is 5.97 Å². The second kappa shape index (κ2) is 7.18. The van der Waals surface area contributed by atoms with Crippen molar-refractivity contribution in [3.8, 4) is 0 Å². The zero-order chi connectivity index (χ0) is 17.1. The molecule has 2 heterocycles. The van der Waals surface area contributed by atoms with Crippen LogP contribution in [0.5, 0.6) is 0 Å². The SMILES string of the molecule is O=C(O)c1sccc1N(c1nsnc1Cc1ccccc1)S(=O)[O-]. The number of nitrogens with zero attached hydrogens (tertiary/aromatic N) is 3. The third-order valence-corrected chi connectivity index (χ3v) is 5.27. The molecule has 0 bridgehead atoms. The molecule has 3 rings (SSSR count). The highest BCUT2D eigenvalue weighted by molar-refractivity contribution is 7.81. The lowest BCUT2D eigenvalue weighted by molar-refractivity contribution is 0.0703. The Balaban J connectivity index is 2.02. The van der Waals surface area contributed by atoms with E-state index in [1.54, 1.807) is 0 Å². The molecule has 0 aliphatic heterocycles. The molecule has 10 heteroatoms. The average Bonchev–Trinajstić information content (AvgIpc) is 3.19. The third kappa shape index (κ3) is 3.36. The lowest BCUT2D eigenvalue weighted by Crippen LogP contribution is -2.22. The molecule has 0 spiro atoms. The van der Waals surface area contributed by atoms with E-state index in [0.29, 0.717) is 12.1 Å². The van der Waals surface area contributed by atoms with Crippen LogP contribution in [0.15, 0.2) is 41.8 Å². The van der Waals surface area contributed by atoms with Crippen molar-refractivity contribution in [1.29, 1.82) is 0 Å². The van der Waals surface area contributed by atoms with Crippen LogP contribution < -0.4 is 4.31 Å². The topological polar surface area (TPSA) is 106 Å². The van der Waals surface area contributed by atoms with Crippen LogP contribution in [0.3, 0.4) is 0 Å². The Labute approximate surface area is 148 Å². The summed E-state index contributed by atoms with van der Waals surface area (Å²) >= 11 is -0.891. The number of hydrogen-bond acceptors (Lipinski definition) is 7. The number of anilines is 2. The summed E-state index contributed by atoms with van der Waals surface area (Å²) in [6.07, 6.45) is 0.396. The monoisotopic (exact) mass is 380 g/mol. The van der Waals surface area contributed by atoms with Gasteiger partial charge in [-0.2, -0.15) is 8.75 Å². The second-order valence-corrected chi connectivity index (χ2v) is 6.89. The van der Waals surface area contributed by atoms with Gasteiger partial charge in [-0.15, -0.1) is 11.3 Å². The maximum absolute atomic E-state index is 11.8. The van der Waals surface area contributed by atoms with Crippen LogP contribution in [-0.4, -0.2) is 28.6 Å². The van der Waals surface area contributed by atoms with Gasteiger partial charge in [-0.1, -0.05) is 30.3 Å². The van der Waals surface area contributed by atoms with Crippen molar-refractivity contribution in [2.75, 3.05) is 4.31 Å². The number of carbonyl (C=O) groups is 1. The minimum Gasteiger partial charge on any atom is -0.755 e. The predicted molar refractivity (Wildman–Crippen MR) is 91.5 cm³/mol. The van der Waals surface area contributed by atoms with Crippen molar-refractivity contribution in [1.82, 2.24) is 8.75 Å². The summed E-state index contributed by atoms with van der Waals surface area (Å²) in [5.41, 5.74) is 1.48. The summed E-state index contributed by atoms with van der Waals surface area (Å²) in [4.78, 5) is 11.2. The van der Waals surface area contributed by atoms with Gasteiger partial charge in [0.15, 0.2) is 5.82 Å². The van der Waals surface area contributed by atoms with Crippen LogP contribution in [0.25, 0.3) is 0 Å². The highest BCUT2D eigenvalue weighted by Crippen LogP contribution is 2.34. The molecular weight excluding hydrogens is 370 g/mol. The van der Waals surface area contributed by atoms with Crippen molar-refractivity contribution in [2.45, 2.75) is 6.42 Å². The molecule has 3 aromatic rings. The molecule has 2 aromatic heterocycles. The first-order chi connectivity index (χ1) is 11.6. The van der Waals surface area contributed by atoms with Crippen molar-refractivity contribution in [3.05, 3.63) is 57.9 Å². The summed E-state index contributed by atoms with van der Waals surface area (Å²) in [7, 11) is 0. The molecule has 0 saturated carbocycles. The van der Waals surface area contributed by atoms with Gasteiger partial charge in [0.2, 0.25) is 0 Å². The van der Waals surface area contributed by atoms with Crippen LogP contribution in [0, 0.1) is 0 Å². The fourth-order valence-corrected chi connectivity index (χ4v) is 4.12. The molecule has 0 aliphatic rings. The fourth-order valence-electron chi connectivity index (χ4n) is 2.14. The smallest absolute Gasteiger partial charge is 0.348 e. The quantitative estimate of drug-likeness (QED) is 0.659. The molecule has 0 fully saturated rings. The van der Waals surface area contributed by atoms with E-state index < -0.39 is 17.2 Å². The van der Waals surface area contributed by atoms with Gasteiger partial charge in [-0.05, 0) is 17.0 Å². The molecular formula is C14H10N3O4S3-. The molecule has 24 heavy (non-hydrogen) atoms. The number of hydrogen-bond donors (Lipinski definition) is 1. The van der Waals surface area contributed by atoms with Crippen molar-refractivity contribution < 1.29 is 18.7 Å². The van der Waals surface area contributed by atoms with Gasteiger partial charge in [-0.3, -0.25) is 4.21 Å². The van der Waals surface area contributed by atoms with Crippen LogP contribution in [0.1, 0.15) is 20.9 Å². The number of benzene rings is 1. The van der Waals surface area contributed by atoms with Crippen LogP contribution in [0.4, 0.5) is 11.5 Å². The standard InChI is InChI=1S/C14H11N3O4S3/c18-14(19)12-11(6-7-22-12)17(24(20)21)13-10(15-23-16-13)8-9-4-2-1-3-5-9/h1-7H,8H2,(H,18,19)(H,20,21)/p-1. The molecule has 0 amide bonds. The number of carboxylic acids is 1. The van der Waals surface area contributed by atoms with Crippen LogP contribution in [-0.2, 0) is 17.7 Å². The lowest BCUT2D eigenvalue weighted by Gasteiger charge is -2.24. The Morgan fingerprint density at radius 1 is 1.25 bits per heavy atom. The average molecular weight is 380 g/mol. The van der Waals surface area contributed by atoms with Crippen molar-refractivity contribution in [2.24, 2.45) is 0 Å². The Kier molecular flexibility index (Phi) is 5.00. The Hall–Kier alpha value is -2.14. The summed E-state index contributed by atoms with van der Waals surface area (Å²) < 4.78 is 32.6. The van der Waals surface area contributed by atoms with E-state index in [0.717, 1.165) is 32.9 Å². The van der Waals surface area contributed by atoms with Gasteiger partial charge in [-0.25, -0.2) is 9.10 Å². The fraction of sp³-hybridized carbons (Fsp3) is 0.0714. The molecule has 0 aliphatic carbocycles. The maximum Gasteiger partial charge on any atom is 0.348 e. The molecule has 7 nitrogen and oxygen atoms in total. The van der Waals surface area contributed by atoms with E-state index in [2.05, 4.69) is 8.75 Å². The lowest BCUT2D eigenvalue weighted by atomic mass is 10.1. The van der Waals surface area contributed by atoms with Crippen LogP contribution >= 0.6 is 23.1 Å². The zero-order valence-electron chi connectivity index (χ0n) is 12.0. The molecule has 1 atom stereocenters. The summed E-state index contributed by atoms with van der Waals surface area (Å²) in [6, 6.07) is 10.9. The van der Waals surface area contributed by atoms with Gasteiger partial charge in [0, 0.05) is 6.42 Å². The Bertz CT molecular complexity index is 878. The number of carboxylic acid groups (broad SMARTS) is 1. The normalized spacial score (nSPS) is 12.0. The minimum absolute atomic E-state index is 0.0582. The van der Waals surface area contributed by atoms with Crippen molar-refractivity contribution >= 4 is 51.8 Å². The van der Waals surface area contributed by atoms with Crippen molar-refractivity contribution in [3.63, 3.8) is 0 Å². The zero-order valence-corrected chi connectivity index (χ0v) is 14.4.